The Balaban J connectivity index is 1.61. The minimum absolute atomic E-state index is 0.229. The first-order chi connectivity index (χ1) is 8.18. The molecule has 1 aliphatic carbocycles. The highest BCUT2D eigenvalue weighted by Gasteiger charge is 2.26. The van der Waals surface area contributed by atoms with Crippen LogP contribution in [0.4, 0.5) is 0 Å². The van der Waals surface area contributed by atoms with Gasteiger partial charge in [0, 0.05) is 13.2 Å². The van der Waals surface area contributed by atoms with Crippen LogP contribution in [0.1, 0.15) is 25.7 Å². The Bertz CT molecular complexity index is 322. The second-order valence-corrected chi connectivity index (χ2v) is 6.95. The van der Waals surface area contributed by atoms with Crippen molar-refractivity contribution in [3.63, 3.8) is 0 Å². The lowest BCUT2D eigenvalue weighted by atomic mass is 10.2. The normalized spacial score (nSPS) is 22.8. The lowest BCUT2D eigenvalue weighted by Crippen LogP contribution is -2.42. The SMILES string of the molecule is O=S(=O)(NCCOCC1CC1)C1CCNCC1. The number of hydrogen-bond acceptors (Lipinski definition) is 4. The molecule has 6 heteroatoms. The summed E-state index contributed by atoms with van der Waals surface area (Å²) in [6.07, 6.45) is 3.94. The summed E-state index contributed by atoms with van der Waals surface area (Å²) in [5, 5.41) is 2.94. The minimum atomic E-state index is -3.14. The Morgan fingerprint density at radius 2 is 1.88 bits per heavy atom. The summed E-state index contributed by atoms with van der Waals surface area (Å²) in [6, 6.07) is 0. The van der Waals surface area contributed by atoms with Crippen molar-refractivity contribution in [1.29, 1.82) is 0 Å². The van der Waals surface area contributed by atoms with Gasteiger partial charge in [0.05, 0.1) is 11.9 Å². The van der Waals surface area contributed by atoms with Gasteiger partial charge in [-0.2, -0.15) is 0 Å². The van der Waals surface area contributed by atoms with Gasteiger partial charge in [-0.05, 0) is 44.7 Å². The smallest absolute Gasteiger partial charge is 0.214 e. The van der Waals surface area contributed by atoms with E-state index in [1.165, 1.54) is 12.8 Å². The molecule has 1 saturated carbocycles. The van der Waals surface area contributed by atoms with Crippen LogP contribution in [0.25, 0.3) is 0 Å². The van der Waals surface area contributed by atoms with E-state index in [0.29, 0.717) is 26.0 Å². The van der Waals surface area contributed by atoms with Crippen molar-refractivity contribution in [3.05, 3.63) is 0 Å². The Morgan fingerprint density at radius 1 is 1.18 bits per heavy atom. The molecule has 0 bridgehead atoms. The third-order valence-electron chi connectivity index (χ3n) is 3.33. The van der Waals surface area contributed by atoms with Gasteiger partial charge in [0.15, 0.2) is 0 Å². The summed E-state index contributed by atoms with van der Waals surface area (Å²) in [7, 11) is -3.14. The minimum Gasteiger partial charge on any atom is -0.380 e. The number of nitrogens with one attached hydrogen (secondary N) is 2. The Kier molecular flexibility index (Phi) is 4.78. The molecule has 17 heavy (non-hydrogen) atoms. The van der Waals surface area contributed by atoms with Crippen LogP contribution in [-0.4, -0.2) is 46.5 Å². The quantitative estimate of drug-likeness (QED) is 0.638. The third-order valence-corrected chi connectivity index (χ3v) is 5.28. The lowest BCUT2D eigenvalue weighted by Gasteiger charge is -2.22. The van der Waals surface area contributed by atoms with Crippen LogP contribution < -0.4 is 10.0 Å². The number of hydrogen-bond donors (Lipinski definition) is 2. The molecule has 2 fully saturated rings. The fourth-order valence-electron chi connectivity index (χ4n) is 2.01. The number of rotatable bonds is 7. The van der Waals surface area contributed by atoms with Crippen molar-refractivity contribution in [2.75, 3.05) is 32.8 Å². The summed E-state index contributed by atoms with van der Waals surface area (Å²) < 4.78 is 31.8. The van der Waals surface area contributed by atoms with E-state index in [-0.39, 0.29) is 5.25 Å². The maximum atomic E-state index is 11.9. The van der Waals surface area contributed by atoms with E-state index in [9.17, 15) is 8.42 Å². The first-order valence-corrected chi connectivity index (χ1v) is 8.00. The van der Waals surface area contributed by atoms with Crippen LogP contribution in [0.2, 0.25) is 0 Å². The van der Waals surface area contributed by atoms with E-state index >= 15 is 0 Å². The van der Waals surface area contributed by atoms with Crippen LogP contribution in [-0.2, 0) is 14.8 Å². The Morgan fingerprint density at radius 3 is 2.53 bits per heavy atom. The maximum absolute atomic E-state index is 11.9. The molecule has 0 aromatic heterocycles. The highest BCUT2D eigenvalue weighted by atomic mass is 32.2. The standard InChI is InChI=1S/C11H22N2O3S/c14-17(15,11-3-5-12-6-4-11)13-7-8-16-9-10-1-2-10/h10-13H,1-9H2. The van der Waals surface area contributed by atoms with Crippen molar-refractivity contribution in [2.45, 2.75) is 30.9 Å². The van der Waals surface area contributed by atoms with E-state index in [1.807, 2.05) is 0 Å². The Hall–Kier alpha value is -0.170. The van der Waals surface area contributed by atoms with Crippen LogP contribution in [0, 0.1) is 5.92 Å². The number of sulfonamides is 1. The van der Waals surface area contributed by atoms with Gasteiger partial charge in [0.25, 0.3) is 0 Å². The van der Waals surface area contributed by atoms with Gasteiger partial charge in [0.1, 0.15) is 0 Å². The van der Waals surface area contributed by atoms with Crippen LogP contribution in [0.5, 0.6) is 0 Å². The molecular formula is C11H22N2O3S. The maximum Gasteiger partial charge on any atom is 0.214 e. The molecule has 0 atom stereocenters. The van der Waals surface area contributed by atoms with Crippen molar-refractivity contribution in [3.8, 4) is 0 Å². The zero-order valence-corrected chi connectivity index (χ0v) is 11.0. The van der Waals surface area contributed by atoms with Crippen molar-refractivity contribution in [2.24, 2.45) is 5.92 Å². The molecule has 5 nitrogen and oxygen atoms in total. The molecule has 0 amide bonds. The third kappa shape index (κ3) is 4.54. The molecule has 0 unspecified atom stereocenters. The van der Waals surface area contributed by atoms with Gasteiger partial charge in [-0.1, -0.05) is 0 Å². The molecule has 0 aromatic rings. The number of piperidine rings is 1. The van der Waals surface area contributed by atoms with Gasteiger partial charge < -0.3 is 10.1 Å². The monoisotopic (exact) mass is 262 g/mol. The highest BCUT2D eigenvalue weighted by Crippen LogP contribution is 2.28. The predicted octanol–water partition coefficient (Wildman–Crippen LogP) is 0.0844. The fraction of sp³-hybridized carbons (Fsp3) is 1.00. The lowest BCUT2D eigenvalue weighted by molar-refractivity contribution is 0.129. The molecule has 100 valence electrons. The molecule has 0 spiro atoms. The van der Waals surface area contributed by atoms with E-state index in [4.69, 9.17) is 4.74 Å². The summed E-state index contributed by atoms with van der Waals surface area (Å²) >= 11 is 0. The average molecular weight is 262 g/mol. The second kappa shape index (κ2) is 6.13. The molecule has 1 aliphatic heterocycles. The number of ether oxygens (including phenoxy) is 1. The van der Waals surface area contributed by atoms with Gasteiger partial charge >= 0.3 is 0 Å². The molecule has 1 saturated heterocycles. The summed E-state index contributed by atoms with van der Waals surface area (Å²) in [5.74, 6) is 0.732. The zero-order chi connectivity index (χ0) is 12.1. The van der Waals surface area contributed by atoms with Crippen LogP contribution >= 0.6 is 0 Å². The first-order valence-electron chi connectivity index (χ1n) is 6.45. The van der Waals surface area contributed by atoms with Gasteiger partial charge in [-0.15, -0.1) is 0 Å². The molecule has 2 rings (SSSR count). The first kappa shape index (κ1) is 13.3. The molecule has 2 N–H and O–H groups in total. The Labute approximate surface area is 103 Å². The van der Waals surface area contributed by atoms with Crippen LogP contribution in [0.15, 0.2) is 0 Å². The van der Waals surface area contributed by atoms with E-state index in [0.717, 1.165) is 25.6 Å². The average Bonchev–Trinajstić information content (AvgIpc) is 3.14. The van der Waals surface area contributed by atoms with Crippen molar-refractivity contribution < 1.29 is 13.2 Å². The van der Waals surface area contributed by atoms with Crippen molar-refractivity contribution >= 4 is 10.0 Å². The molecular weight excluding hydrogens is 240 g/mol. The summed E-state index contributed by atoms with van der Waals surface area (Å²) in [6.45, 7) is 3.27. The van der Waals surface area contributed by atoms with E-state index < -0.39 is 10.0 Å². The van der Waals surface area contributed by atoms with Gasteiger partial charge in [0.2, 0.25) is 10.0 Å². The van der Waals surface area contributed by atoms with E-state index in [1.54, 1.807) is 0 Å². The van der Waals surface area contributed by atoms with Gasteiger partial charge in [-0.3, -0.25) is 0 Å². The highest BCUT2D eigenvalue weighted by molar-refractivity contribution is 7.90. The summed E-state index contributed by atoms with van der Waals surface area (Å²) in [4.78, 5) is 0. The largest absolute Gasteiger partial charge is 0.380 e. The molecule has 2 aliphatic rings. The predicted molar refractivity (Wildman–Crippen MR) is 66.4 cm³/mol. The molecule has 0 radical (unpaired) electrons. The second-order valence-electron chi connectivity index (χ2n) is 4.91. The topological polar surface area (TPSA) is 67.4 Å². The van der Waals surface area contributed by atoms with E-state index in [2.05, 4.69) is 10.0 Å². The fourth-order valence-corrected chi connectivity index (χ4v) is 3.47. The summed E-state index contributed by atoms with van der Waals surface area (Å²) in [5.41, 5.74) is 0. The molecule has 1 heterocycles. The van der Waals surface area contributed by atoms with Crippen LogP contribution in [0.3, 0.4) is 0 Å². The van der Waals surface area contributed by atoms with Crippen molar-refractivity contribution in [1.82, 2.24) is 10.0 Å². The van der Waals surface area contributed by atoms with Gasteiger partial charge in [-0.25, -0.2) is 13.1 Å². The molecule has 0 aromatic carbocycles. The zero-order valence-electron chi connectivity index (χ0n) is 10.2.